The first-order chi connectivity index (χ1) is 14.5. The number of hydrogen-bond donors (Lipinski definition) is 2. The summed E-state index contributed by atoms with van der Waals surface area (Å²) in [4.78, 5) is 29.0. The van der Waals surface area contributed by atoms with Gasteiger partial charge in [0.25, 0.3) is 0 Å². The van der Waals surface area contributed by atoms with E-state index < -0.39 is 0 Å². The highest BCUT2D eigenvalue weighted by molar-refractivity contribution is 5.93. The van der Waals surface area contributed by atoms with Gasteiger partial charge in [0, 0.05) is 19.5 Å². The molecule has 0 bridgehead atoms. The molecule has 2 aromatic rings. The molecule has 1 aliphatic rings. The van der Waals surface area contributed by atoms with Crippen molar-refractivity contribution >= 4 is 17.5 Å². The predicted molar refractivity (Wildman–Crippen MR) is 118 cm³/mol. The van der Waals surface area contributed by atoms with Gasteiger partial charge in [0.05, 0.1) is 12.2 Å². The minimum Gasteiger partial charge on any atom is -0.506 e. The molecule has 6 nitrogen and oxygen atoms in total. The Morgan fingerprint density at radius 1 is 1.07 bits per heavy atom. The Hall–Kier alpha value is -2.86. The topological polar surface area (TPSA) is 72.9 Å². The molecule has 0 aliphatic carbocycles. The number of nitrogens with zero attached hydrogens (tertiary/aromatic N) is 2. The van der Waals surface area contributed by atoms with Gasteiger partial charge in [-0.25, -0.2) is 0 Å². The van der Waals surface area contributed by atoms with E-state index in [-0.39, 0.29) is 23.5 Å². The molecule has 0 unspecified atom stereocenters. The molecule has 0 atom stereocenters. The molecular formula is C24H31N3O3. The molecular weight excluding hydrogens is 378 g/mol. The summed E-state index contributed by atoms with van der Waals surface area (Å²) < 4.78 is 0. The van der Waals surface area contributed by atoms with Crippen molar-refractivity contribution in [3.05, 3.63) is 59.7 Å². The quantitative estimate of drug-likeness (QED) is 0.689. The number of phenols is 1. The number of carbonyl (C=O) groups is 2. The lowest BCUT2D eigenvalue weighted by Gasteiger charge is -2.32. The fourth-order valence-corrected chi connectivity index (χ4v) is 3.72. The van der Waals surface area contributed by atoms with E-state index in [0.717, 1.165) is 12.0 Å². The maximum absolute atomic E-state index is 12.6. The fraction of sp³-hybridized carbons (Fsp3) is 0.417. The highest BCUT2D eigenvalue weighted by atomic mass is 16.3. The van der Waals surface area contributed by atoms with Crippen LogP contribution >= 0.6 is 0 Å². The molecule has 1 aliphatic heterocycles. The SMILES string of the molecule is CCc1ccc(CN(C)C(=O)CN2CCC(C(=O)Nc3ccccc3O)CC2)cc1. The standard InChI is InChI=1S/C24H31N3O3/c1-3-18-8-10-19(11-9-18)16-26(2)23(29)17-27-14-12-20(13-15-27)24(30)25-21-6-4-5-7-22(21)28/h4-11,20,28H,3,12-17H2,1-2H3,(H,25,30). The van der Waals surface area contributed by atoms with Gasteiger partial charge in [0.15, 0.2) is 0 Å². The molecule has 0 saturated carbocycles. The van der Waals surface area contributed by atoms with Crippen molar-refractivity contribution in [2.75, 3.05) is 32.0 Å². The summed E-state index contributed by atoms with van der Waals surface area (Å²) in [6.07, 6.45) is 2.42. The lowest BCUT2D eigenvalue weighted by molar-refractivity contribution is -0.132. The average Bonchev–Trinajstić information content (AvgIpc) is 2.76. The second-order valence-electron chi connectivity index (χ2n) is 7.98. The van der Waals surface area contributed by atoms with E-state index in [1.807, 2.05) is 7.05 Å². The number of anilines is 1. The van der Waals surface area contributed by atoms with Crippen molar-refractivity contribution in [2.45, 2.75) is 32.7 Å². The van der Waals surface area contributed by atoms with Gasteiger partial charge in [-0.15, -0.1) is 0 Å². The summed E-state index contributed by atoms with van der Waals surface area (Å²) in [6, 6.07) is 15.1. The number of nitrogens with one attached hydrogen (secondary N) is 1. The molecule has 2 N–H and O–H groups in total. The molecule has 1 saturated heterocycles. The van der Waals surface area contributed by atoms with Crippen LogP contribution in [-0.4, -0.2) is 53.4 Å². The number of phenolic OH excluding ortho intramolecular Hbond substituents is 1. The number of para-hydroxylation sites is 2. The molecule has 1 fully saturated rings. The molecule has 3 rings (SSSR count). The number of piperidine rings is 1. The molecule has 160 valence electrons. The predicted octanol–water partition coefficient (Wildman–Crippen LogP) is 3.26. The molecule has 6 heteroatoms. The third kappa shape index (κ3) is 5.83. The number of rotatable bonds is 7. The van der Waals surface area contributed by atoms with E-state index in [1.54, 1.807) is 29.2 Å². The summed E-state index contributed by atoms with van der Waals surface area (Å²) in [5.41, 5.74) is 2.86. The molecule has 2 amide bonds. The largest absolute Gasteiger partial charge is 0.506 e. The number of hydrogen-bond acceptors (Lipinski definition) is 4. The van der Waals surface area contributed by atoms with E-state index in [2.05, 4.69) is 41.4 Å². The molecule has 0 spiro atoms. The molecule has 1 heterocycles. The van der Waals surface area contributed by atoms with Gasteiger partial charge in [-0.1, -0.05) is 43.3 Å². The smallest absolute Gasteiger partial charge is 0.236 e. The second kappa shape index (κ2) is 10.3. The number of aryl methyl sites for hydroxylation is 1. The Labute approximate surface area is 178 Å². The second-order valence-corrected chi connectivity index (χ2v) is 7.98. The van der Waals surface area contributed by atoms with Gasteiger partial charge in [0.1, 0.15) is 5.75 Å². The molecule has 2 aromatic carbocycles. The van der Waals surface area contributed by atoms with E-state index in [4.69, 9.17) is 0 Å². The summed E-state index contributed by atoms with van der Waals surface area (Å²) in [7, 11) is 1.84. The Bertz CT molecular complexity index is 858. The van der Waals surface area contributed by atoms with Crippen molar-refractivity contribution in [2.24, 2.45) is 5.92 Å². The fourth-order valence-electron chi connectivity index (χ4n) is 3.72. The monoisotopic (exact) mass is 409 g/mol. The van der Waals surface area contributed by atoms with Crippen LogP contribution in [0.25, 0.3) is 0 Å². The zero-order valence-electron chi connectivity index (χ0n) is 17.8. The molecule has 0 aromatic heterocycles. The molecule has 0 radical (unpaired) electrons. The van der Waals surface area contributed by atoms with Crippen LogP contribution in [0.1, 0.15) is 30.9 Å². The number of amides is 2. The maximum Gasteiger partial charge on any atom is 0.236 e. The third-order valence-corrected chi connectivity index (χ3v) is 5.76. The van der Waals surface area contributed by atoms with Crippen molar-refractivity contribution in [1.29, 1.82) is 0 Å². The van der Waals surface area contributed by atoms with Crippen molar-refractivity contribution in [1.82, 2.24) is 9.80 Å². The number of aromatic hydroxyl groups is 1. The van der Waals surface area contributed by atoms with Gasteiger partial charge in [-0.05, 0) is 55.6 Å². The first-order valence-electron chi connectivity index (χ1n) is 10.6. The number of likely N-dealkylation sites (tertiary alicyclic amines) is 1. The van der Waals surface area contributed by atoms with Crippen LogP contribution in [0.3, 0.4) is 0 Å². The van der Waals surface area contributed by atoms with Gasteiger partial charge in [-0.2, -0.15) is 0 Å². The average molecular weight is 410 g/mol. The van der Waals surface area contributed by atoms with Gasteiger partial charge < -0.3 is 15.3 Å². The van der Waals surface area contributed by atoms with Gasteiger partial charge >= 0.3 is 0 Å². The van der Waals surface area contributed by atoms with Crippen molar-refractivity contribution < 1.29 is 14.7 Å². The highest BCUT2D eigenvalue weighted by Crippen LogP contribution is 2.24. The van der Waals surface area contributed by atoms with Gasteiger partial charge in [-0.3, -0.25) is 14.5 Å². The van der Waals surface area contributed by atoms with Crippen molar-refractivity contribution in [3.63, 3.8) is 0 Å². The van der Waals surface area contributed by atoms with Crippen LogP contribution in [0.4, 0.5) is 5.69 Å². The first kappa shape index (κ1) is 21.8. The minimum atomic E-state index is -0.106. The lowest BCUT2D eigenvalue weighted by atomic mass is 9.95. The zero-order chi connectivity index (χ0) is 21.5. The van der Waals surface area contributed by atoms with E-state index >= 15 is 0 Å². The first-order valence-corrected chi connectivity index (χ1v) is 10.6. The number of benzene rings is 2. The summed E-state index contributed by atoms with van der Waals surface area (Å²) in [5, 5.41) is 12.6. The van der Waals surface area contributed by atoms with E-state index in [1.165, 1.54) is 5.56 Å². The van der Waals surface area contributed by atoms with Crippen LogP contribution in [0.15, 0.2) is 48.5 Å². The Balaban J connectivity index is 1.43. The van der Waals surface area contributed by atoms with Crippen LogP contribution < -0.4 is 5.32 Å². The number of carbonyl (C=O) groups excluding carboxylic acids is 2. The Kier molecular flexibility index (Phi) is 7.46. The van der Waals surface area contributed by atoms with E-state index in [9.17, 15) is 14.7 Å². The van der Waals surface area contributed by atoms with Crippen LogP contribution in [-0.2, 0) is 22.6 Å². The van der Waals surface area contributed by atoms with Crippen LogP contribution in [0.5, 0.6) is 5.75 Å². The third-order valence-electron chi connectivity index (χ3n) is 5.76. The van der Waals surface area contributed by atoms with E-state index in [0.29, 0.717) is 44.7 Å². The van der Waals surface area contributed by atoms with Crippen molar-refractivity contribution in [3.8, 4) is 5.75 Å². The normalized spacial score (nSPS) is 15.0. The summed E-state index contributed by atoms with van der Waals surface area (Å²) in [6.45, 7) is 4.52. The highest BCUT2D eigenvalue weighted by Gasteiger charge is 2.27. The summed E-state index contributed by atoms with van der Waals surface area (Å²) in [5.74, 6) is -0.0196. The molecule has 30 heavy (non-hydrogen) atoms. The Morgan fingerprint density at radius 2 is 1.70 bits per heavy atom. The van der Waals surface area contributed by atoms with Gasteiger partial charge in [0.2, 0.25) is 11.8 Å². The maximum atomic E-state index is 12.6. The Morgan fingerprint density at radius 3 is 2.33 bits per heavy atom. The lowest BCUT2D eigenvalue weighted by Crippen LogP contribution is -2.43. The minimum absolute atomic E-state index is 0.0706. The van der Waals surface area contributed by atoms with Crippen LogP contribution in [0.2, 0.25) is 0 Å². The number of likely N-dealkylation sites (N-methyl/N-ethyl adjacent to an activating group) is 1. The zero-order valence-corrected chi connectivity index (χ0v) is 17.8. The van der Waals surface area contributed by atoms with Crippen LogP contribution in [0, 0.1) is 5.92 Å². The summed E-state index contributed by atoms with van der Waals surface area (Å²) >= 11 is 0.